The molecule has 0 aliphatic carbocycles. The van der Waals surface area contributed by atoms with Gasteiger partial charge < -0.3 is 0 Å². The first kappa shape index (κ1) is 17.5. The molecule has 0 saturated carbocycles. The van der Waals surface area contributed by atoms with Gasteiger partial charge in [-0.25, -0.2) is 0 Å². The number of hydrogen-bond donors (Lipinski definition) is 2. The number of hydrogen-bond acceptors (Lipinski definition) is 2. The maximum absolute atomic E-state index is 11.8. The number of rotatable bonds is 5. The van der Waals surface area contributed by atoms with Crippen LogP contribution in [0.5, 0.6) is 0 Å². The summed E-state index contributed by atoms with van der Waals surface area (Å²) in [5.41, 5.74) is 6.92. The Kier molecular flexibility index (Phi) is 5.13. The fraction of sp³-hybridized carbons (Fsp3) is 0.111. The van der Waals surface area contributed by atoms with Gasteiger partial charge in [-0.05, 0) is 0 Å². The molecule has 2 aromatic carbocycles. The van der Waals surface area contributed by atoms with Crippen molar-refractivity contribution in [2.45, 2.75) is 6.54 Å². The fourth-order valence-electron chi connectivity index (χ4n) is 2.56. The molecule has 3 N–H and O–H groups in total. The molecule has 0 saturated heterocycles. The van der Waals surface area contributed by atoms with Gasteiger partial charge in [0.05, 0.1) is 0 Å². The van der Waals surface area contributed by atoms with Crippen LogP contribution in [0.3, 0.4) is 0 Å². The molecular formula is C18H16ClN3O2Se. The van der Waals surface area contributed by atoms with Gasteiger partial charge in [-0.1, -0.05) is 0 Å². The number of carbonyl (C=O) groups excluding carboxylic acids is 2. The number of benzene rings is 2. The molecule has 0 bridgehead atoms. The summed E-state index contributed by atoms with van der Waals surface area (Å²) in [7, 11) is 1.62. The summed E-state index contributed by atoms with van der Waals surface area (Å²) in [6.45, 7) is 0.246. The van der Waals surface area contributed by atoms with Crippen molar-refractivity contribution in [2.75, 3.05) is 7.05 Å². The van der Waals surface area contributed by atoms with E-state index in [4.69, 9.17) is 17.3 Å². The zero-order valence-electron chi connectivity index (χ0n) is 13.5. The minimum absolute atomic E-state index is 0.0656. The second-order valence-electron chi connectivity index (χ2n) is 5.42. The molecule has 5 nitrogen and oxygen atoms in total. The third kappa shape index (κ3) is 3.71. The Morgan fingerprint density at radius 3 is 2.68 bits per heavy atom. The molecule has 1 heterocycles. The average Bonchev–Trinajstić information content (AvgIpc) is 2.94. The van der Waals surface area contributed by atoms with Crippen molar-refractivity contribution in [1.82, 2.24) is 9.88 Å². The summed E-state index contributed by atoms with van der Waals surface area (Å²) in [5.74, 6) is -0.558. The van der Waals surface area contributed by atoms with E-state index >= 15 is 0 Å². The average molecular weight is 421 g/mol. The van der Waals surface area contributed by atoms with Crippen molar-refractivity contribution in [3.05, 3.63) is 59.2 Å². The number of nitrogens with two attached hydrogens (primary N) is 1. The van der Waals surface area contributed by atoms with Crippen LogP contribution in [0, 0.1) is 0 Å². The van der Waals surface area contributed by atoms with E-state index in [2.05, 4.69) is 5.32 Å². The molecule has 1 aromatic heterocycles. The van der Waals surface area contributed by atoms with Crippen molar-refractivity contribution in [3.63, 3.8) is 0 Å². The van der Waals surface area contributed by atoms with E-state index in [-0.39, 0.29) is 27.4 Å². The fourth-order valence-corrected chi connectivity index (χ4v) is 5.05. The van der Waals surface area contributed by atoms with Crippen LogP contribution in [0.2, 0.25) is 5.02 Å². The van der Waals surface area contributed by atoms with Crippen LogP contribution in [-0.4, -0.2) is 38.4 Å². The first-order valence-corrected chi connectivity index (χ1v) is 9.64. The van der Waals surface area contributed by atoms with Crippen LogP contribution in [0.15, 0.2) is 48.7 Å². The second kappa shape index (κ2) is 7.31. The normalized spacial score (nSPS) is 10.8. The molecule has 25 heavy (non-hydrogen) atoms. The standard InChI is InChI=1S/C18H16ClN3O2Se/c1-21-17(23)10-22-9-16(12-4-2-3-5-14(12)22)25-15-7-6-11(19)8-13(15)18(20)24/h2-9H,10H2,1H3,(H2,20,24)(H,21,23). The Bertz CT molecular complexity index is 968. The summed E-state index contributed by atoms with van der Waals surface area (Å²) in [5, 5.41) is 4.19. The number of amides is 2. The van der Waals surface area contributed by atoms with E-state index in [1.807, 2.05) is 41.1 Å². The topological polar surface area (TPSA) is 77.1 Å². The second-order valence-corrected chi connectivity index (χ2v) is 8.13. The van der Waals surface area contributed by atoms with E-state index in [1.54, 1.807) is 19.2 Å². The zero-order valence-corrected chi connectivity index (χ0v) is 15.9. The van der Waals surface area contributed by atoms with Gasteiger partial charge in [0.2, 0.25) is 0 Å². The van der Waals surface area contributed by atoms with Gasteiger partial charge in [-0.3, -0.25) is 0 Å². The van der Waals surface area contributed by atoms with E-state index in [1.165, 1.54) is 0 Å². The quantitative estimate of drug-likeness (QED) is 0.599. The third-order valence-electron chi connectivity index (χ3n) is 3.77. The van der Waals surface area contributed by atoms with E-state index < -0.39 is 5.91 Å². The Morgan fingerprint density at radius 1 is 1.20 bits per heavy atom. The Morgan fingerprint density at radius 2 is 1.96 bits per heavy atom. The molecule has 0 aliphatic rings. The number of carbonyl (C=O) groups is 2. The van der Waals surface area contributed by atoms with Crippen LogP contribution in [0.1, 0.15) is 10.4 Å². The Labute approximate surface area is 156 Å². The molecule has 0 unspecified atom stereocenters. The monoisotopic (exact) mass is 421 g/mol. The molecule has 0 aliphatic heterocycles. The predicted octanol–water partition coefficient (Wildman–Crippen LogP) is 0.795. The first-order chi connectivity index (χ1) is 12.0. The molecular weight excluding hydrogens is 405 g/mol. The number of fused-ring (bicyclic) bond motifs is 1. The van der Waals surface area contributed by atoms with Crippen molar-refractivity contribution in [2.24, 2.45) is 5.73 Å². The number of aromatic nitrogens is 1. The van der Waals surface area contributed by atoms with E-state index in [0.717, 1.165) is 19.8 Å². The summed E-state index contributed by atoms with van der Waals surface area (Å²) in [4.78, 5) is 23.5. The molecule has 0 atom stereocenters. The van der Waals surface area contributed by atoms with Gasteiger partial charge in [0.25, 0.3) is 0 Å². The van der Waals surface area contributed by atoms with E-state index in [9.17, 15) is 9.59 Å². The van der Waals surface area contributed by atoms with Crippen LogP contribution >= 0.6 is 11.6 Å². The van der Waals surface area contributed by atoms with Crippen LogP contribution in [-0.2, 0) is 11.3 Å². The minimum atomic E-state index is -0.492. The first-order valence-electron chi connectivity index (χ1n) is 7.55. The Balaban J connectivity index is 2.05. The molecule has 7 heteroatoms. The zero-order chi connectivity index (χ0) is 18.0. The molecule has 3 aromatic rings. The van der Waals surface area contributed by atoms with Gasteiger partial charge in [-0.15, -0.1) is 0 Å². The van der Waals surface area contributed by atoms with Gasteiger partial charge in [0, 0.05) is 0 Å². The molecule has 2 amide bonds. The molecule has 0 radical (unpaired) electrons. The summed E-state index contributed by atoms with van der Waals surface area (Å²) >= 11 is 5.84. The maximum atomic E-state index is 11.8. The number of primary amides is 1. The summed E-state index contributed by atoms with van der Waals surface area (Å²) < 4.78 is 3.87. The summed E-state index contributed by atoms with van der Waals surface area (Å²) in [6.07, 6.45) is 1.97. The Hall–Kier alpha value is -2.27. The molecule has 128 valence electrons. The molecule has 3 rings (SSSR count). The third-order valence-corrected chi connectivity index (χ3v) is 6.36. The number of para-hydroxylation sites is 1. The van der Waals surface area contributed by atoms with Gasteiger partial charge in [-0.2, -0.15) is 0 Å². The number of halogens is 1. The van der Waals surface area contributed by atoms with Crippen molar-refractivity contribution in [1.29, 1.82) is 0 Å². The van der Waals surface area contributed by atoms with Crippen LogP contribution in [0.25, 0.3) is 10.9 Å². The number of nitrogens with one attached hydrogen (secondary N) is 1. The van der Waals surface area contributed by atoms with Gasteiger partial charge in [0.15, 0.2) is 0 Å². The van der Waals surface area contributed by atoms with E-state index in [0.29, 0.717) is 10.6 Å². The molecule has 0 spiro atoms. The number of likely N-dealkylation sites (N-methyl/N-ethyl adjacent to an activating group) is 1. The van der Waals surface area contributed by atoms with Crippen molar-refractivity contribution >= 4 is 58.2 Å². The SMILES string of the molecule is CNC(=O)Cn1cc([Se]c2ccc(Cl)cc2C(N)=O)c2ccccc21. The van der Waals surface area contributed by atoms with Crippen LogP contribution < -0.4 is 20.0 Å². The van der Waals surface area contributed by atoms with Gasteiger partial charge >= 0.3 is 156 Å². The number of nitrogens with zero attached hydrogens (tertiary/aromatic N) is 1. The molecule has 0 fully saturated rings. The van der Waals surface area contributed by atoms with Crippen molar-refractivity contribution in [3.8, 4) is 0 Å². The van der Waals surface area contributed by atoms with Gasteiger partial charge in [0.1, 0.15) is 0 Å². The van der Waals surface area contributed by atoms with Crippen molar-refractivity contribution < 1.29 is 9.59 Å². The van der Waals surface area contributed by atoms with Crippen LogP contribution in [0.4, 0.5) is 0 Å². The predicted molar refractivity (Wildman–Crippen MR) is 101 cm³/mol. The summed E-state index contributed by atoms with van der Waals surface area (Å²) in [6, 6.07) is 13.1.